The van der Waals surface area contributed by atoms with Crippen molar-refractivity contribution >= 4 is 0 Å². The molecule has 2 aliphatic rings. The van der Waals surface area contributed by atoms with Crippen LogP contribution in [0, 0.1) is 11.8 Å². The predicted octanol–water partition coefficient (Wildman–Crippen LogP) is 0.690. The molecule has 0 unspecified atom stereocenters. The SMILES string of the molecule is OC[C@H]1CCCC[C@H]1CN1CCNCC1. The van der Waals surface area contributed by atoms with Crippen LogP contribution in [0.5, 0.6) is 0 Å². The summed E-state index contributed by atoms with van der Waals surface area (Å²) in [7, 11) is 0. The van der Waals surface area contributed by atoms with Crippen molar-refractivity contribution in [3.8, 4) is 0 Å². The summed E-state index contributed by atoms with van der Waals surface area (Å²) in [5, 5.41) is 12.7. The molecule has 0 amide bonds. The molecule has 0 bridgehead atoms. The van der Waals surface area contributed by atoms with Crippen molar-refractivity contribution in [2.24, 2.45) is 11.8 Å². The molecule has 2 rings (SSSR count). The molecule has 0 aromatic heterocycles. The highest BCUT2D eigenvalue weighted by atomic mass is 16.3. The molecule has 1 saturated carbocycles. The van der Waals surface area contributed by atoms with E-state index in [0.717, 1.165) is 19.0 Å². The second-order valence-electron chi connectivity index (χ2n) is 5.04. The molecule has 3 nitrogen and oxygen atoms in total. The molecule has 2 fully saturated rings. The van der Waals surface area contributed by atoms with Gasteiger partial charge in [0.1, 0.15) is 0 Å². The summed E-state index contributed by atoms with van der Waals surface area (Å²) in [5.41, 5.74) is 0. The maximum atomic E-state index is 9.36. The first kappa shape index (κ1) is 11.4. The fourth-order valence-corrected chi connectivity index (χ4v) is 2.99. The second-order valence-corrected chi connectivity index (χ2v) is 5.04. The average molecular weight is 212 g/mol. The van der Waals surface area contributed by atoms with E-state index < -0.39 is 0 Å². The van der Waals surface area contributed by atoms with Gasteiger partial charge in [0.15, 0.2) is 0 Å². The lowest BCUT2D eigenvalue weighted by molar-refractivity contribution is 0.0947. The molecule has 0 aromatic rings. The summed E-state index contributed by atoms with van der Waals surface area (Å²) in [6.07, 6.45) is 5.26. The number of nitrogens with one attached hydrogen (secondary N) is 1. The Morgan fingerprint density at radius 2 is 1.73 bits per heavy atom. The molecule has 1 aliphatic heterocycles. The summed E-state index contributed by atoms with van der Waals surface area (Å²) in [6.45, 7) is 6.26. The lowest BCUT2D eigenvalue weighted by Gasteiger charge is -2.36. The van der Waals surface area contributed by atoms with Gasteiger partial charge in [0, 0.05) is 39.3 Å². The second kappa shape index (κ2) is 5.83. The minimum Gasteiger partial charge on any atom is -0.396 e. The Morgan fingerprint density at radius 1 is 1.07 bits per heavy atom. The number of aliphatic hydroxyl groups excluding tert-OH is 1. The zero-order valence-electron chi connectivity index (χ0n) is 9.62. The first-order valence-electron chi connectivity index (χ1n) is 6.44. The van der Waals surface area contributed by atoms with Crippen LogP contribution in [0.3, 0.4) is 0 Å². The third-order valence-corrected chi connectivity index (χ3v) is 4.00. The fourth-order valence-electron chi connectivity index (χ4n) is 2.99. The monoisotopic (exact) mass is 212 g/mol. The van der Waals surface area contributed by atoms with Gasteiger partial charge in [-0.05, 0) is 24.7 Å². The van der Waals surface area contributed by atoms with E-state index in [-0.39, 0.29) is 0 Å². The summed E-state index contributed by atoms with van der Waals surface area (Å²) in [4.78, 5) is 2.56. The molecule has 1 aliphatic carbocycles. The summed E-state index contributed by atoms with van der Waals surface area (Å²) >= 11 is 0. The van der Waals surface area contributed by atoms with Crippen LogP contribution < -0.4 is 5.32 Å². The van der Waals surface area contributed by atoms with Gasteiger partial charge >= 0.3 is 0 Å². The van der Waals surface area contributed by atoms with Crippen molar-refractivity contribution in [3.63, 3.8) is 0 Å². The lowest BCUT2D eigenvalue weighted by atomic mass is 9.79. The number of aliphatic hydroxyl groups is 1. The zero-order valence-corrected chi connectivity index (χ0v) is 9.62. The van der Waals surface area contributed by atoms with Crippen molar-refractivity contribution < 1.29 is 5.11 Å². The van der Waals surface area contributed by atoms with E-state index in [1.54, 1.807) is 0 Å². The number of rotatable bonds is 3. The molecule has 88 valence electrons. The molecule has 3 heteroatoms. The van der Waals surface area contributed by atoms with Gasteiger partial charge < -0.3 is 15.3 Å². The third-order valence-electron chi connectivity index (χ3n) is 4.00. The summed E-state index contributed by atoms with van der Waals surface area (Å²) in [5.74, 6) is 1.33. The Morgan fingerprint density at radius 3 is 2.40 bits per heavy atom. The van der Waals surface area contributed by atoms with Gasteiger partial charge in [-0.2, -0.15) is 0 Å². The van der Waals surface area contributed by atoms with Crippen molar-refractivity contribution in [1.29, 1.82) is 0 Å². The van der Waals surface area contributed by atoms with Crippen LogP contribution in [0.25, 0.3) is 0 Å². The maximum Gasteiger partial charge on any atom is 0.0462 e. The third kappa shape index (κ3) is 3.16. The largest absolute Gasteiger partial charge is 0.396 e. The van der Waals surface area contributed by atoms with Crippen molar-refractivity contribution in [3.05, 3.63) is 0 Å². The zero-order chi connectivity index (χ0) is 10.5. The molecule has 15 heavy (non-hydrogen) atoms. The van der Waals surface area contributed by atoms with Crippen LogP contribution in [-0.2, 0) is 0 Å². The van der Waals surface area contributed by atoms with Crippen molar-refractivity contribution in [1.82, 2.24) is 10.2 Å². The Hall–Kier alpha value is -0.120. The van der Waals surface area contributed by atoms with Crippen LogP contribution in [0.15, 0.2) is 0 Å². The predicted molar refractivity (Wildman–Crippen MR) is 61.8 cm³/mol. The molecule has 1 heterocycles. The van der Waals surface area contributed by atoms with Gasteiger partial charge in [-0.1, -0.05) is 12.8 Å². The minimum absolute atomic E-state index is 0.400. The molecule has 0 spiro atoms. The molecule has 0 aromatic carbocycles. The van der Waals surface area contributed by atoms with E-state index in [4.69, 9.17) is 0 Å². The summed E-state index contributed by atoms with van der Waals surface area (Å²) in [6, 6.07) is 0. The number of hydrogen-bond donors (Lipinski definition) is 2. The highest BCUT2D eigenvalue weighted by Crippen LogP contribution is 2.30. The van der Waals surface area contributed by atoms with E-state index >= 15 is 0 Å². The normalized spacial score (nSPS) is 34.2. The van der Waals surface area contributed by atoms with Crippen LogP contribution >= 0.6 is 0 Å². The van der Waals surface area contributed by atoms with E-state index in [0.29, 0.717) is 12.5 Å². The van der Waals surface area contributed by atoms with E-state index in [1.165, 1.54) is 45.3 Å². The first-order valence-corrected chi connectivity index (χ1v) is 6.44. The number of hydrogen-bond acceptors (Lipinski definition) is 3. The Kier molecular flexibility index (Phi) is 4.42. The molecular formula is C12H24N2O. The Labute approximate surface area is 92.8 Å². The molecule has 1 saturated heterocycles. The maximum absolute atomic E-state index is 9.36. The van der Waals surface area contributed by atoms with Crippen molar-refractivity contribution in [2.45, 2.75) is 25.7 Å². The molecule has 2 N–H and O–H groups in total. The Bertz CT molecular complexity index is 180. The van der Waals surface area contributed by atoms with Gasteiger partial charge in [0.25, 0.3) is 0 Å². The van der Waals surface area contributed by atoms with Gasteiger partial charge in [0.05, 0.1) is 0 Å². The van der Waals surface area contributed by atoms with Crippen LogP contribution in [0.1, 0.15) is 25.7 Å². The van der Waals surface area contributed by atoms with Gasteiger partial charge in [-0.3, -0.25) is 0 Å². The van der Waals surface area contributed by atoms with E-state index in [2.05, 4.69) is 10.2 Å². The van der Waals surface area contributed by atoms with Gasteiger partial charge in [-0.25, -0.2) is 0 Å². The van der Waals surface area contributed by atoms with Gasteiger partial charge in [0.2, 0.25) is 0 Å². The van der Waals surface area contributed by atoms with E-state index in [9.17, 15) is 5.11 Å². The topological polar surface area (TPSA) is 35.5 Å². The average Bonchev–Trinajstić information content (AvgIpc) is 2.31. The molecular weight excluding hydrogens is 188 g/mol. The minimum atomic E-state index is 0.400. The first-order chi connectivity index (χ1) is 7.40. The number of piperazine rings is 1. The standard InChI is InChI=1S/C12H24N2O/c15-10-12-4-2-1-3-11(12)9-14-7-5-13-6-8-14/h11-13,15H,1-10H2/t11-,12+/m0/s1. The summed E-state index contributed by atoms with van der Waals surface area (Å²) < 4.78 is 0. The van der Waals surface area contributed by atoms with Crippen LogP contribution in [-0.4, -0.2) is 49.3 Å². The van der Waals surface area contributed by atoms with Gasteiger partial charge in [-0.15, -0.1) is 0 Å². The quantitative estimate of drug-likeness (QED) is 0.722. The molecule has 0 radical (unpaired) electrons. The lowest BCUT2D eigenvalue weighted by Crippen LogP contribution is -2.46. The smallest absolute Gasteiger partial charge is 0.0462 e. The van der Waals surface area contributed by atoms with Crippen LogP contribution in [0.2, 0.25) is 0 Å². The highest BCUT2D eigenvalue weighted by Gasteiger charge is 2.26. The van der Waals surface area contributed by atoms with Crippen LogP contribution in [0.4, 0.5) is 0 Å². The highest BCUT2D eigenvalue weighted by molar-refractivity contribution is 4.79. The van der Waals surface area contributed by atoms with Crippen molar-refractivity contribution in [2.75, 3.05) is 39.3 Å². The van der Waals surface area contributed by atoms with E-state index in [1.807, 2.05) is 0 Å². The Balaban J connectivity index is 1.79. The molecule has 2 atom stereocenters. The number of nitrogens with zero attached hydrogens (tertiary/aromatic N) is 1. The fraction of sp³-hybridized carbons (Fsp3) is 1.00.